The van der Waals surface area contributed by atoms with Gasteiger partial charge in [0.15, 0.2) is 0 Å². The monoisotopic (exact) mass is 198 g/mol. The largest absolute Gasteiger partial charge is 0.469 e. The maximum absolute atomic E-state index is 11.4. The van der Waals surface area contributed by atoms with Crippen LogP contribution in [0.4, 0.5) is 0 Å². The van der Waals surface area contributed by atoms with E-state index in [1.807, 2.05) is 0 Å². The number of hydrogen-bond acceptors (Lipinski definition) is 4. The molecule has 4 nitrogen and oxygen atoms in total. The summed E-state index contributed by atoms with van der Waals surface area (Å²) in [5.74, 6) is -2.14. The zero-order chi connectivity index (χ0) is 10.7. The summed E-state index contributed by atoms with van der Waals surface area (Å²) in [6.45, 7) is 1.57. The second-order valence-electron chi connectivity index (χ2n) is 3.58. The van der Waals surface area contributed by atoms with Crippen LogP contribution in [0.2, 0.25) is 0 Å². The summed E-state index contributed by atoms with van der Waals surface area (Å²) in [5.41, 5.74) is 0. The van der Waals surface area contributed by atoms with Gasteiger partial charge in [0.2, 0.25) is 0 Å². The van der Waals surface area contributed by atoms with E-state index in [2.05, 4.69) is 4.74 Å². The van der Waals surface area contributed by atoms with E-state index < -0.39 is 17.8 Å². The molecule has 0 N–H and O–H groups in total. The van der Waals surface area contributed by atoms with Crippen LogP contribution in [0.3, 0.4) is 0 Å². The Morgan fingerprint density at radius 3 is 2.29 bits per heavy atom. The van der Waals surface area contributed by atoms with Crippen LogP contribution >= 0.6 is 0 Å². The minimum Gasteiger partial charge on any atom is -0.469 e. The molecule has 1 aliphatic rings. The van der Waals surface area contributed by atoms with Gasteiger partial charge in [-0.3, -0.25) is 14.4 Å². The predicted molar refractivity (Wildman–Crippen MR) is 48.5 cm³/mol. The number of ether oxygens (including phenoxy) is 1. The number of Topliss-reactive ketones (excluding diaryl/α,β-unsaturated/α-hetero) is 2. The molecule has 78 valence electrons. The van der Waals surface area contributed by atoms with Crippen LogP contribution in [-0.4, -0.2) is 24.6 Å². The van der Waals surface area contributed by atoms with Crippen molar-refractivity contribution in [3.05, 3.63) is 0 Å². The van der Waals surface area contributed by atoms with Gasteiger partial charge in [-0.15, -0.1) is 0 Å². The van der Waals surface area contributed by atoms with Crippen LogP contribution in [0.1, 0.15) is 26.2 Å². The van der Waals surface area contributed by atoms with Crippen molar-refractivity contribution in [3.63, 3.8) is 0 Å². The second-order valence-corrected chi connectivity index (χ2v) is 3.58. The quantitative estimate of drug-likeness (QED) is 0.485. The van der Waals surface area contributed by atoms with Crippen molar-refractivity contribution in [3.8, 4) is 0 Å². The van der Waals surface area contributed by atoms with Gasteiger partial charge in [-0.25, -0.2) is 0 Å². The lowest BCUT2D eigenvalue weighted by Crippen LogP contribution is -2.37. The smallest absolute Gasteiger partial charge is 0.309 e. The third-order valence-corrected chi connectivity index (χ3v) is 2.61. The predicted octanol–water partition coefficient (Wildman–Crippen LogP) is 0.734. The minimum atomic E-state index is -0.767. The first-order valence-electron chi connectivity index (χ1n) is 4.71. The van der Waals surface area contributed by atoms with Crippen LogP contribution < -0.4 is 0 Å². The van der Waals surface area contributed by atoms with Crippen molar-refractivity contribution in [2.45, 2.75) is 26.2 Å². The molecule has 0 radical (unpaired) electrons. The van der Waals surface area contributed by atoms with Crippen molar-refractivity contribution < 1.29 is 19.1 Å². The number of ketones is 2. The van der Waals surface area contributed by atoms with E-state index in [4.69, 9.17) is 0 Å². The van der Waals surface area contributed by atoms with Crippen molar-refractivity contribution in [1.29, 1.82) is 0 Å². The summed E-state index contributed by atoms with van der Waals surface area (Å²) < 4.78 is 4.52. The van der Waals surface area contributed by atoms with Crippen LogP contribution in [0.15, 0.2) is 0 Å². The molecule has 1 aliphatic carbocycles. The van der Waals surface area contributed by atoms with Gasteiger partial charge in [-0.2, -0.15) is 0 Å². The molecule has 0 spiro atoms. The van der Waals surface area contributed by atoms with Crippen molar-refractivity contribution >= 4 is 17.5 Å². The van der Waals surface area contributed by atoms with Crippen molar-refractivity contribution in [2.75, 3.05) is 7.11 Å². The van der Waals surface area contributed by atoms with Crippen molar-refractivity contribution in [1.82, 2.24) is 0 Å². The van der Waals surface area contributed by atoms with E-state index in [1.54, 1.807) is 6.92 Å². The molecule has 1 atom stereocenters. The van der Waals surface area contributed by atoms with Gasteiger partial charge in [0.05, 0.1) is 18.9 Å². The molecule has 1 unspecified atom stereocenters. The van der Waals surface area contributed by atoms with Gasteiger partial charge in [0.1, 0.15) is 11.6 Å². The summed E-state index contributed by atoms with van der Waals surface area (Å²) in [7, 11) is 1.26. The van der Waals surface area contributed by atoms with Gasteiger partial charge >= 0.3 is 5.97 Å². The molecule has 4 heteroatoms. The van der Waals surface area contributed by atoms with Crippen LogP contribution in [0.25, 0.3) is 0 Å². The number of hydrogen-bond donors (Lipinski definition) is 0. The minimum absolute atomic E-state index is 0.126. The first-order valence-corrected chi connectivity index (χ1v) is 4.71. The van der Waals surface area contributed by atoms with Gasteiger partial charge in [-0.1, -0.05) is 6.92 Å². The fourth-order valence-corrected chi connectivity index (χ4v) is 1.81. The fraction of sp³-hybridized carbons (Fsp3) is 0.700. The summed E-state index contributed by atoms with van der Waals surface area (Å²) in [4.78, 5) is 34.1. The Labute approximate surface area is 82.6 Å². The van der Waals surface area contributed by atoms with E-state index in [9.17, 15) is 14.4 Å². The Balaban J connectivity index is 2.77. The zero-order valence-corrected chi connectivity index (χ0v) is 8.41. The summed E-state index contributed by atoms with van der Waals surface area (Å²) in [6.07, 6.45) is 1.41. The molecule has 1 rings (SSSR count). The lowest BCUT2D eigenvalue weighted by molar-refractivity contribution is -0.153. The summed E-state index contributed by atoms with van der Waals surface area (Å²) >= 11 is 0. The molecule has 0 aliphatic heterocycles. The zero-order valence-electron chi connectivity index (χ0n) is 8.41. The first-order chi connectivity index (χ1) is 6.57. The lowest BCUT2D eigenvalue weighted by Gasteiger charge is -2.23. The molecule has 1 fully saturated rings. The van der Waals surface area contributed by atoms with Crippen LogP contribution in [-0.2, 0) is 19.1 Å². The summed E-state index contributed by atoms with van der Waals surface area (Å²) in [5, 5.41) is 0. The molecule has 0 saturated heterocycles. The Morgan fingerprint density at radius 1 is 1.36 bits per heavy atom. The molecule has 0 aromatic rings. The maximum atomic E-state index is 11.4. The number of rotatable bonds is 2. The Kier molecular flexibility index (Phi) is 3.38. The molecule has 0 amide bonds. The normalized spacial score (nSPS) is 20.7. The van der Waals surface area contributed by atoms with Gasteiger partial charge in [0, 0.05) is 12.8 Å². The van der Waals surface area contributed by atoms with E-state index >= 15 is 0 Å². The molecule has 1 saturated carbocycles. The molecule has 14 heavy (non-hydrogen) atoms. The standard InChI is InChI=1S/C10H14O4/c1-6(10(13)14-2)9-7(11)4-3-5-8(9)12/h6,9H,3-5H2,1-2H3. The van der Waals surface area contributed by atoms with Gasteiger partial charge in [-0.05, 0) is 6.42 Å². The number of carbonyl (C=O) groups is 3. The van der Waals surface area contributed by atoms with E-state index in [0.717, 1.165) is 0 Å². The highest BCUT2D eigenvalue weighted by Gasteiger charge is 2.38. The lowest BCUT2D eigenvalue weighted by atomic mass is 9.79. The highest BCUT2D eigenvalue weighted by atomic mass is 16.5. The highest BCUT2D eigenvalue weighted by Crippen LogP contribution is 2.24. The average Bonchev–Trinajstić information content (AvgIpc) is 2.16. The number of esters is 1. The van der Waals surface area contributed by atoms with Crippen LogP contribution in [0, 0.1) is 11.8 Å². The third kappa shape index (κ3) is 2.00. The fourth-order valence-electron chi connectivity index (χ4n) is 1.81. The first kappa shape index (κ1) is 10.9. The van der Waals surface area contributed by atoms with Gasteiger partial charge < -0.3 is 4.74 Å². The molecular formula is C10H14O4. The van der Waals surface area contributed by atoms with E-state index in [0.29, 0.717) is 19.3 Å². The number of methoxy groups -OCH3 is 1. The second kappa shape index (κ2) is 4.35. The van der Waals surface area contributed by atoms with E-state index in [-0.39, 0.29) is 11.6 Å². The topological polar surface area (TPSA) is 60.4 Å². The molecule has 0 heterocycles. The Morgan fingerprint density at radius 2 is 1.86 bits per heavy atom. The molecule has 0 aromatic carbocycles. The number of carbonyl (C=O) groups excluding carboxylic acids is 3. The molecule has 0 aromatic heterocycles. The summed E-state index contributed by atoms with van der Waals surface area (Å²) in [6, 6.07) is 0. The van der Waals surface area contributed by atoms with Gasteiger partial charge in [0.25, 0.3) is 0 Å². The van der Waals surface area contributed by atoms with Crippen molar-refractivity contribution in [2.24, 2.45) is 11.8 Å². The highest BCUT2D eigenvalue weighted by molar-refractivity contribution is 6.07. The Bertz CT molecular complexity index is 253. The SMILES string of the molecule is COC(=O)C(C)C1C(=O)CCCC1=O. The average molecular weight is 198 g/mol. The Hall–Kier alpha value is -1.19. The van der Waals surface area contributed by atoms with E-state index in [1.165, 1.54) is 7.11 Å². The molecule has 0 bridgehead atoms. The third-order valence-electron chi connectivity index (χ3n) is 2.61. The van der Waals surface area contributed by atoms with Crippen LogP contribution in [0.5, 0.6) is 0 Å². The maximum Gasteiger partial charge on any atom is 0.309 e. The molecular weight excluding hydrogens is 184 g/mol.